The van der Waals surface area contributed by atoms with Gasteiger partial charge in [-0.1, -0.05) is 48.5 Å². The van der Waals surface area contributed by atoms with E-state index in [1.165, 1.54) is 30.9 Å². The van der Waals surface area contributed by atoms with Crippen molar-refractivity contribution in [2.45, 2.75) is 0 Å². The summed E-state index contributed by atoms with van der Waals surface area (Å²) in [4.78, 5) is 8.93. The summed E-state index contributed by atoms with van der Waals surface area (Å²) in [7, 11) is 0. The Balaban J connectivity index is 1.82. The zero-order valence-corrected chi connectivity index (χ0v) is 14.2. The topological polar surface area (TPSA) is 25.2 Å². The molecule has 0 unspecified atom stereocenters. The Morgan fingerprint density at radius 3 is 2.44 bits per heavy atom. The summed E-state index contributed by atoms with van der Waals surface area (Å²) in [5.74, 6) is 0. The highest BCUT2D eigenvalue weighted by Crippen LogP contribution is 2.42. The van der Waals surface area contributed by atoms with Crippen molar-refractivity contribution in [2.75, 3.05) is 0 Å². The zero-order valence-electron chi connectivity index (χ0n) is 13.4. The van der Waals surface area contributed by atoms with Gasteiger partial charge in [0.1, 0.15) is 0 Å². The number of rotatable bonds is 2. The highest BCUT2D eigenvalue weighted by atomic mass is 32.1. The lowest BCUT2D eigenvalue weighted by molar-refractivity contribution is 1.32. The summed E-state index contributed by atoms with van der Waals surface area (Å²) in [6, 6.07) is 23.2. The Labute approximate surface area is 149 Å². The molecule has 0 aliphatic heterocycles. The van der Waals surface area contributed by atoms with Crippen LogP contribution in [0.2, 0.25) is 0 Å². The molecular weight excluding hydrogens is 324 g/mol. The second-order valence-corrected chi connectivity index (χ2v) is 7.01. The van der Waals surface area contributed by atoms with E-state index in [1.807, 2.05) is 35.9 Å². The summed E-state index contributed by atoms with van der Waals surface area (Å²) in [6.07, 6.45) is 5.48. The molecule has 0 fully saturated rings. The second-order valence-electron chi connectivity index (χ2n) is 5.96. The summed E-state index contributed by atoms with van der Waals surface area (Å²) in [5, 5.41) is 5.02. The average Bonchev–Trinajstić information content (AvgIpc) is 3.06. The smallest absolute Gasteiger partial charge is 0.0715 e. The number of thiophene rings is 1. The molecule has 0 amide bonds. The molecule has 0 aliphatic rings. The molecule has 0 spiro atoms. The largest absolute Gasteiger partial charge is 0.264 e. The first-order valence-corrected chi connectivity index (χ1v) is 8.99. The fraction of sp³-hybridized carbons (Fsp3) is 0. The van der Waals surface area contributed by atoms with Gasteiger partial charge < -0.3 is 0 Å². The van der Waals surface area contributed by atoms with Crippen LogP contribution in [0.5, 0.6) is 0 Å². The van der Waals surface area contributed by atoms with Crippen LogP contribution in [0.3, 0.4) is 0 Å². The number of hydrogen-bond donors (Lipinski definition) is 0. The highest BCUT2D eigenvalue weighted by molar-refractivity contribution is 7.26. The lowest BCUT2D eigenvalue weighted by atomic mass is 10.0. The van der Waals surface area contributed by atoms with Crippen molar-refractivity contribution >= 4 is 54.2 Å². The van der Waals surface area contributed by atoms with E-state index < -0.39 is 0 Å². The van der Waals surface area contributed by atoms with Crippen LogP contribution in [0.4, 0.5) is 5.69 Å². The first-order chi connectivity index (χ1) is 12.4. The van der Waals surface area contributed by atoms with E-state index in [2.05, 4.69) is 59.6 Å². The van der Waals surface area contributed by atoms with Gasteiger partial charge >= 0.3 is 0 Å². The number of aromatic nitrogens is 1. The Hall–Kier alpha value is -3.04. The standard InChI is InChI=1S/C22H14N2S/c1-2-9-18-16(7-1)20(24-14-15-6-5-11-23-13-15)12-19-17-8-3-4-10-21(17)25-22(18)19/h1-14H. The lowest BCUT2D eigenvalue weighted by Gasteiger charge is -2.04. The molecule has 3 aromatic carbocycles. The Morgan fingerprint density at radius 2 is 1.60 bits per heavy atom. The van der Waals surface area contributed by atoms with E-state index in [4.69, 9.17) is 4.99 Å². The molecule has 0 N–H and O–H groups in total. The molecular formula is C22H14N2S. The molecule has 5 rings (SSSR count). The van der Waals surface area contributed by atoms with Crippen LogP contribution in [0.25, 0.3) is 30.9 Å². The van der Waals surface area contributed by atoms with Crippen molar-refractivity contribution in [1.29, 1.82) is 0 Å². The molecule has 118 valence electrons. The Bertz CT molecular complexity index is 1240. The Kier molecular flexibility index (Phi) is 3.32. The third kappa shape index (κ3) is 2.41. The molecule has 0 bridgehead atoms. The fourth-order valence-electron chi connectivity index (χ4n) is 3.23. The highest BCUT2D eigenvalue weighted by Gasteiger charge is 2.11. The van der Waals surface area contributed by atoms with Gasteiger partial charge in [-0.3, -0.25) is 9.98 Å². The molecule has 2 aromatic heterocycles. The number of fused-ring (bicyclic) bond motifs is 5. The third-order valence-corrected chi connectivity index (χ3v) is 5.62. The maximum absolute atomic E-state index is 4.78. The van der Waals surface area contributed by atoms with Crippen molar-refractivity contribution < 1.29 is 0 Å². The second kappa shape index (κ2) is 5.80. The van der Waals surface area contributed by atoms with Gasteiger partial charge in [0.15, 0.2) is 0 Å². The fourth-order valence-corrected chi connectivity index (χ4v) is 4.45. The average molecular weight is 338 g/mol. The van der Waals surface area contributed by atoms with Gasteiger partial charge in [-0.15, -0.1) is 11.3 Å². The number of benzene rings is 3. The van der Waals surface area contributed by atoms with E-state index in [9.17, 15) is 0 Å². The monoisotopic (exact) mass is 338 g/mol. The van der Waals surface area contributed by atoms with Gasteiger partial charge in [-0.25, -0.2) is 0 Å². The van der Waals surface area contributed by atoms with Gasteiger partial charge in [-0.05, 0) is 18.2 Å². The molecule has 2 nitrogen and oxygen atoms in total. The van der Waals surface area contributed by atoms with Gasteiger partial charge in [0.05, 0.1) is 5.69 Å². The number of nitrogens with zero attached hydrogens (tertiary/aromatic N) is 2. The maximum Gasteiger partial charge on any atom is 0.0715 e. The van der Waals surface area contributed by atoms with Crippen LogP contribution in [-0.4, -0.2) is 11.2 Å². The van der Waals surface area contributed by atoms with E-state index in [-0.39, 0.29) is 0 Å². The van der Waals surface area contributed by atoms with Crippen LogP contribution in [0.1, 0.15) is 5.56 Å². The normalized spacial score (nSPS) is 11.8. The molecule has 2 heterocycles. The molecule has 0 atom stereocenters. The minimum absolute atomic E-state index is 0.996. The zero-order chi connectivity index (χ0) is 16.6. The summed E-state index contributed by atoms with van der Waals surface area (Å²) in [5.41, 5.74) is 2.00. The van der Waals surface area contributed by atoms with E-state index in [0.29, 0.717) is 0 Å². The molecule has 25 heavy (non-hydrogen) atoms. The van der Waals surface area contributed by atoms with Gasteiger partial charge in [-0.2, -0.15) is 0 Å². The molecule has 0 saturated heterocycles. The van der Waals surface area contributed by atoms with Crippen molar-refractivity contribution in [3.63, 3.8) is 0 Å². The van der Waals surface area contributed by atoms with Crippen molar-refractivity contribution in [3.8, 4) is 0 Å². The molecule has 0 saturated carbocycles. The predicted octanol–water partition coefficient (Wildman–Crippen LogP) is 6.35. The molecule has 3 heteroatoms. The first-order valence-electron chi connectivity index (χ1n) is 8.17. The maximum atomic E-state index is 4.78. The predicted molar refractivity (Wildman–Crippen MR) is 108 cm³/mol. The van der Waals surface area contributed by atoms with Crippen molar-refractivity contribution in [1.82, 2.24) is 4.98 Å². The SMILES string of the molecule is C(=Nc1cc2c3ccccc3sc2c2ccccc12)c1cccnc1. The van der Waals surface area contributed by atoms with Crippen LogP contribution in [0, 0.1) is 0 Å². The summed E-state index contributed by atoms with van der Waals surface area (Å²) < 4.78 is 2.65. The van der Waals surface area contributed by atoms with Crippen LogP contribution < -0.4 is 0 Å². The molecule has 0 radical (unpaired) electrons. The van der Waals surface area contributed by atoms with Crippen LogP contribution in [0.15, 0.2) is 84.1 Å². The summed E-state index contributed by atoms with van der Waals surface area (Å²) >= 11 is 1.85. The van der Waals surface area contributed by atoms with E-state index >= 15 is 0 Å². The Morgan fingerprint density at radius 1 is 0.800 bits per heavy atom. The molecule has 0 aliphatic carbocycles. The van der Waals surface area contributed by atoms with Gasteiger partial charge in [0.2, 0.25) is 0 Å². The first kappa shape index (κ1) is 14.3. The molecule has 5 aromatic rings. The van der Waals surface area contributed by atoms with Gasteiger partial charge in [0, 0.05) is 55.1 Å². The van der Waals surface area contributed by atoms with Crippen LogP contribution >= 0.6 is 11.3 Å². The van der Waals surface area contributed by atoms with Crippen LogP contribution in [-0.2, 0) is 0 Å². The summed E-state index contributed by atoms with van der Waals surface area (Å²) in [6.45, 7) is 0. The number of aliphatic imine (C=N–C) groups is 1. The van der Waals surface area contributed by atoms with E-state index in [1.54, 1.807) is 6.20 Å². The minimum atomic E-state index is 0.996. The third-order valence-electron chi connectivity index (χ3n) is 4.40. The van der Waals surface area contributed by atoms with Crippen molar-refractivity contribution in [3.05, 3.63) is 84.7 Å². The quantitative estimate of drug-likeness (QED) is 0.344. The van der Waals surface area contributed by atoms with E-state index in [0.717, 1.165) is 11.3 Å². The van der Waals surface area contributed by atoms with Crippen molar-refractivity contribution in [2.24, 2.45) is 4.99 Å². The lowest BCUT2D eigenvalue weighted by Crippen LogP contribution is -1.82. The van der Waals surface area contributed by atoms with Gasteiger partial charge in [0.25, 0.3) is 0 Å². The number of hydrogen-bond acceptors (Lipinski definition) is 3. The minimum Gasteiger partial charge on any atom is -0.264 e. The number of pyridine rings is 1.